The van der Waals surface area contributed by atoms with E-state index in [1.807, 2.05) is 0 Å². The number of carbonyl (C=O) groups is 3. The minimum atomic E-state index is -4.72. The summed E-state index contributed by atoms with van der Waals surface area (Å²) in [5, 5.41) is 8.86. The van der Waals surface area contributed by atoms with E-state index in [1.54, 1.807) is 0 Å². The fourth-order valence-electron chi connectivity index (χ4n) is 4.87. The second-order valence-corrected chi connectivity index (χ2v) is 14.5. The molecule has 0 fully saturated rings. The number of unbranched alkanes of at least 4 members (excludes halogenated alkanes) is 14. The third-order valence-corrected chi connectivity index (χ3v) is 9.00. The first kappa shape index (κ1) is 49.4. The van der Waals surface area contributed by atoms with E-state index in [4.69, 9.17) is 24.8 Å². The van der Waals surface area contributed by atoms with E-state index in [2.05, 4.69) is 67.0 Å². The van der Waals surface area contributed by atoms with Crippen molar-refractivity contribution < 1.29 is 47.5 Å². The van der Waals surface area contributed by atoms with Crippen LogP contribution in [0.1, 0.15) is 155 Å². The standard InChI is InChI=1S/C40H70NO10P/c1-3-5-7-9-11-13-15-16-17-18-19-20-22-23-25-27-29-31-38(42)48-33-36(34-49-52(46,47)50-35-37(41)40(44)45)51-39(43)32-30-28-26-24-21-14-12-10-8-6-4-2/h10-13,16-17,19-20,36-37H,3-9,14-15,18,21-35,41H2,1-2H3,(H,44,45)(H,46,47). The molecule has 300 valence electrons. The van der Waals surface area contributed by atoms with Gasteiger partial charge in [-0.1, -0.05) is 120 Å². The fraction of sp³-hybridized carbons (Fsp3) is 0.725. The summed E-state index contributed by atoms with van der Waals surface area (Å²) >= 11 is 0. The highest BCUT2D eigenvalue weighted by molar-refractivity contribution is 7.47. The highest BCUT2D eigenvalue weighted by Crippen LogP contribution is 2.43. The maximum atomic E-state index is 12.5. The molecule has 0 aromatic carbocycles. The van der Waals surface area contributed by atoms with Crippen LogP contribution in [0.3, 0.4) is 0 Å². The molecule has 12 heteroatoms. The summed E-state index contributed by atoms with van der Waals surface area (Å²) in [6, 6.07) is -1.53. The maximum Gasteiger partial charge on any atom is 0.472 e. The summed E-state index contributed by atoms with van der Waals surface area (Å²) in [5.41, 5.74) is 5.31. The molecule has 0 heterocycles. The van der Waals surface area contributed by atoms with Crippen LogP contribution in [0.5, 0.6) is 0 Å². The van der Waals surface area contributed by atoms with Crippen molar-refractivity contribution >= 4 is 25.7 Å². The SMILES string of the molecule is CCCCC=CCCCCCCCC(=O)OC(COC(=O)CCCCCCC=CCC=CCC=CCCCCC)COP(=O)(O)OCC(N)C(=O)O. The molecule has 0 saturated heterocycles. The van der Waals surface area contributed by atoms with Crippen molar-refractivity contribution in [1.82, 2.24) is 0 Å². The van der Waals surface area contributed by atoms with Crippen LogP contribution >= 0.6 is 7.82 Å². The smallest absolute Gasteiger partial charge is 0.472 e. The van der Waals surface area contributed by atoms with Crippen molar-refractivity contribution in [3.8, 4) is 0 Å². The van der Waals surface area contributed by atoms with E-state index in [1.165, 1.54) is 32.1 Å². The Hall–Kier alpha value is -2.56. The molecule has 0 amide bonds. The lowest BCUT2D eigenvalue weighted by atomic mass is 10.1. The summed E-state index contributed by atoms with van der Waals surface area (Å²) in [7, 11) is -4.72. The van der Waals surface area contributed by atoms with Crippen molar-refractivity contribution in [2.45, 2.75) is 167 Å². The van der Waals surface area contributed by atoms with Crippen molar-refractivity contribution in [3.63, 3.8) is 0 Å². The number of carboxylic acids is 1. The van der Waals surface area contributed by atoms with E-state index in [-0.39, 0.29) is 19.4 Å². The monoisotopic (exact) mass is 755 g/mol. The Labute approximate surface area is 314 Å². The first-order valence-corrected chi connectivity index (χ1v) is 21.2. The lowest BCUT2D eigenvalue weighted by Crippen LogP contribution is -2.34. The largest absolute Gasteiger partial charge is 0.480 e. The number of nitrogens with two attached hydrogens (primary N) is 1. The van der Waals surface area contributed by atoms with Crippen LogP contribution < -0.4 is 5.73 Å². The molecule has 0 aliphatic rings. The topological polar surface area (TPSA) is 172 Å². The number of ether oxygens (including phenoxy) is 2. The quantitative estimate of drug-likeness (QED) is 0.0241. The number of carbonyl (C=O) groups excluding carboxylic acids is 2. The zero-order valence-corrected chi connectivity index (χ0v) is 33.0. The average molecular weight is 756 g/mol. The van der Waals surface area contributed by atoms with Crippen molar-refractivity contribution in [3.05, 3.63) is 48.6 Å². The van der Waals surface area contributed by atoms with Crippen LogP contribution in [0.2, 0.25) is 0 Å². The molecule has 52 heavy (non-hydrogen) atoms. The zero-order valence-electron chi connectivity index (χ0n) is 32.1. The van der Waals surface area contributed by atoms with Crippen LogP contribution in [0.15, 0.2) is 48.6 Å². The number of phosphoric acid groups is 1. The van der Waals surface area contributed by atoms with Crippen molar-refractivity contribution in [1.29, 1.82) is 0 Å². The van der Waals surface area contributed by atoms with Gasteiger partial charge in [0.1, 0.15) is 12.6 Å². The molecule has 0 rings (SSSR count). The predicted molar refractivity (Wildman–Crippen MR) is 208 cm³/mol. The van der Waals surface area contributed by atoms with Gasteiger partial charge in [0.25, 0.3) is 0 Å². The Bertz CT molecular complexity index is 1070. The molecule has 3 atom stereocenters. The Morgan fingerprint density at radius 2 is 1.04 bits per heavy atom. The van der Waals surface area contributed by atoms with Gasteiger partial charge in [0, 0.05) is 12.8 Å². The van der Waals surface area contributed by atoms with Crippen LogP contribution in [0.25, 0.3) is 0 Å². The molecule has 4 N–H and O–H groups in total. The summed E-state index contributed by atoms with van der Waals surface area (Å²) in [5.74, 6) is -2.43. The number of phosphoric ester groups is 1. The zero-order chi connectivity index (χ0) is 38.5. The van der Waals surface area contributed by atoms with Gasteiger partial charge in [-0.15, -0.1) is 0 Å². The second-order valence-electron chi connectivity index (χ2n) is 13.1. The molecule has 0 aliphatic heterocycles. The molecule has 0 aliphatic carbocycles. The third-order valence-electron chi connectivity index (χ3n) is 8.05. The molecular formula is C40H70NO10P. The molecule has 0 bridgehead atoms. The molecule has 0 saturated carbocycles. The number of rotatable bonds is 36. The molecule has 0 aromatic rings. The van der Waals surface area contributed by atoms with Gasteiger partial charge < -0.3 is 25.2 Å². The summed E-state index contributed by atoms with van der Waals surface area (Å²) in [6.45, 7) is 2.67. The first-order chi connectivity index (χ1) is 25.1. The number of esters is 2. The number of carboxylic acid groups (broad SMARTS) is 1. The van der Waals surface area contributed by atoms with E-state index >= 15 is 0 Å². The summed E-state index contributed by atoms with van der Waals surface area (Å²) in [6.07, 6.45) is 37.5. The van der Waals surface area contributed by atoms with E-state index in [9.17, 15) is 23.8 Å². The minimum absolute atomic E-state index is 0.144. The molecule has 0 aromatic heterocycles. The molecule has 0 spiro atoms. The normalized spacial score (nSPS) is 14.4. The van der Waals surface area contributed by atoms with Crippen LogP contribution in [-0.2, 0) is 37.5 Å². The lowest BCUT2D eigenvalue weighted by Gasteiger charge is -2.20. The number of hydrogen-bond acceptors (Lipinski definition) is 9. The highest BCUT2D eigenvalue weighted by atomic mass is 31.2. The van der Waals surface area contributed by atoms with Crippen molar-refractivity contribution in [2.24, 2.45) is 5.73 Å². The molecule has 11 nitrogen and oxygen atoms in total. The Morgan fingerprint density at radius 3 is 1.60 bits per heavy atom. The third kappa shape index (κ3) is 34.5. The minimum Gasteiger partial charge on any atom is -0.480 e. The molecule has 3 unspecified atom stereocenters. The molecule has 0 radical (unpaired) electrons. The maximum absolute atomic E-state index is 12.5. The van der Waals surface area contributed by atoms with Gasteiger partial charge in [-0.2, -0.15) is 0 Å². The van der Waals surface area contributed by atoms with Gasteiger partial charge in [-0.3, -0.25) is 23.4 Å². The number of hydrogen-bond donors (Lipinski definition) is 3. The van der Waals surface area contributed by atoms with E-state index < -0.39 is 51.1 Å². The number of allylic oxidation sites excluding steroid dienone is 8. The summed E-state index contributed by atoms with van der Waals surface area (Å²) < 4.78 is 32.5. The van der Waals surface area contributed by atoms with Gasteiger partial charge in [-0.05, 0) is 70.6 Å². The van der Waals surface area contributed by atoms with Gasteiger partial charge in [0.2, 0.25) is 0 Å². The first-order valence-electron chi connectivity index (χ1n) is 19.7. The van der Waals surface area contributed by atoms with Gasteiger partial charge in [0.05, 0.1) is 13.2 Å². The average Bonchev–Trinajstić information content (AvgIpc) is 3.12. The lowest BCUT2D eigenvalue weighted by molar-refractivity contribution is -0.161. The van der Waals surface area contributed by atoms with Gasteiger partial charge in [-0.25, -0.2) is 4.57 Å². The Balaban J connectivity index is 4.46. The Morgan fingerprint density at radius 1 is 0.596 bits per heavy atom. The van der Waals surface area contributed by atoms with E-state index in [0.29, 0.717) is 12.8 Å². The van der Waals surface area contributed by atoms with Crippen LogP contribution in [0.4, 0.5) is 0 Å². The van der Waals surface area contributed by atoms with Gasteiger partial charge >= 0.3 is 25.7 Å². The second kappa shape index (κ2) is 35.5. The van der Waals surface area contributed by atoms with Crippen LogP contribution in [0, 0.1) is 0 Å². The predicted octanol–water partition coefficient (Wildman–Crippen LogP) is 9.83. The highest BCUT2D eigenvalue weighted by Gasteiger charge is 2.28. The molecular weight excluding hydrogens is 685 g/mol. The summed E-state index contributed by atoms with van der Waals surface area (Å²) in [4.78, 5) is 45.7. The van der Waals surface area contributed by atoms with Crippen LogP contribution in [-0.4, -0.2) is 59.9 Å². The fourth-order valence-corrected chi connectivity index (χ4v) is 5.65. The Kier molecular flexibility index (Phi) is 33.7. The van der Waals surface area contributed by atoms with E-state index in [0.717, 1.165) is 83.5 Å². The number of aliphatic carboxylic acids is 1. The van der Waals surface area contributed by atoms with Gasteiger partial charge in [0.15, 0.2) is 6.10 Å². The van der Waals surface area contributed by atoms with Crippen molar-refractivity contribution in [2.75, 3.05) is 19.8 Å².